The molecule has 31 heavy (non-hydrogen) atoms. The number of Topliss-reactive ketones (excluding diaryl/α,β-unsaturated/α-hetero) is 1. The molecule has 0 bridgehead atoms. The lowest BCUT2D eigenvalue weighted by Gasteiger charge is -2.38. The van der Waals surface area contributed by atoms with E-state index < -0.39 is 5.92 Å². The van der Waals surface area contributed by atoms with Crippen LogP contribution in [0.3, 0.4) is 0 Å². The number of ketones is 1. The number of nitrogens with zero attached hydrogens (tertiary/aromatic N) is 2. The zero-order valence-corrected chi connectivity index (χ0v) is 19.0. The third-order valence-electron chi connectivity index (χ3n) is 7.49. The summed E-state index contributed by atoms with van der Waals surface area (Å²) in [6, 6.07) is 16.4. The van der Waals surface area contributed by atoms with Gasteiger partial charge in [-0.3, -0.25) is 4.79 Å². The Bertz CT molecular complexity index is 1240. The summed E-state index contributed by atoms with van der Waals surface area (Å²) in [5, 5.41) is 13.4. The van der Waals surface area contributed by atoms with Gasteiger partial charge in [-0.2, -0.15) is 0 Å². The van der Waals surface area contributed by atoms with Crippen molar-refractivity contribution in [1.29, 1.82) is 0 Å². The van der Waals surface area contributed by atoms with Crippen LogP contribution in [0.25, 0.3) is 0 Å². The van der Waals surface area contributed by atoms with E-state index in [1.165, 1.54) is 5.56 Å². The van der Waals surface area contributed by atoms with E-state index in [-0.39, 0.29) is 22.4 Å². The minimum absolute atomic E-state index is 0.0691. The number of likely N-dealkylation sites (N-methyl/N-ethyl adjacent to an activating group) is 1. The summed E-state index contributed by atoms with van der Waals surface area (Å²) >= 11 is 0. The van der Waals surface area contributed by atoms with Gasteiger partial charge in [0.2, 0.25) is 5.69 Å². The molecule has 0 saturated carbocycles. The van der Waals surface area contributed by atoms with Crippen LogP contribution in [0, 0.1) is 5.92 Å². The molecule has 0 radical (unpaired) electrons. The molecule has 5 rings (SSSR count). The number of carbonyl (C=O) groups is 1. The van der Waals surface area contributed by atoms with Gasteiger partial charge in [0, 0.05) is 41.1 Å². The molecule has 0 aromatic heterocycles. The first-order valence-electron chi connectivity index (χ1n) is 10.8. The molecule has 2 aromatic carbocycles. The molecule has 2 aromatic rings. The predicted octanol–water partition coefficient (Wildman–Crippen LogP) is 3.82. The summed E-state index contributed by atoms with van der Waals surface area (Å²) in [5.74, 6) is -0.836. The Balaban J connectivity index is 1.58. The fraction of sp³-hybridized carbons (Fsp3) is 0.333. The van der Waals surface area contributed by atoms with E-state index in [2.05, 4.69) is 56.9 Å². The SMILES string of the molecule is CN1/C(=C/C2=C([O-])C(C3=[N+](C)c4ccccc4C3(C)C)C2=O)C(C)(C)c2ccccc21. The van der Waals surface area contributed by atoms with Crippen LogP contribution in [0.4, 0.5) is 11.4 Å². The molecule has 1 atom stereocenters. The first-order valence-corrected chi connectivity index (χ1v) is 10.8. The molecule has 0 N–H and O–H groups in total. The van der Waals surface area contributed by atoms with E-state index in [9.17, 15) is 9.90 Å². The van der Waals surface area contributed by atoms with Crippen molar-refractivity contribution in [3.63, 3.8) is 0 Å². The predicted molar refractivity (Wildman–Crippen MR) is 122 cm³/mol. The highest BCUT2D eigenvalue weighted by Gasteiger charge is 2.53. The number of para-hydroxylation sites is 2. The lowest BCUT2D eigenvalue weighted by Crippen LogP contribution is -2.49. The monoisotopic (exact) mass is 412 g/mol. The highest BCUT2D eigenvalue weighted by molar-refractivity contribution is 6.23. The molecule has 0 amide bonds. The van der Waals surface area contributed by atoms with E-state index in [1.807, 2.05) is 49.0 Å². The van der Waals surface area contributed by atoms with Crippen molar-refractivity contribution < 1.29 is 14.5 Å². The minimum Gasteiger partial charge on any atom is -0.874 e. The van der Waals surface area contributed by atoms with Crippen molar-refractivity contribution >= 4 is 22.9 Å². The quantitative estimate of drug-likeness (QED) is 0.705. The Kier molecular flexibility index (Phi) is 3.96. The highest BCUT2D eigenvalue weighted by Crippen LogP contribution is 2.49. The van der Waals surface area contributed by atoms with Gasteiger partial charge >= 0.3 is 0 Å². The number of benzene rings is 2. The van der Waals surface area contributed by atoms with Gasteiger partial charge < -0.3 is 10.0 Å². The van der Waals surface area contributed by atoms with E-state index in [0.717, 1.165) is 28.3 Å². The van der Waals surface area contributed by atoms with Crippen molar-refractivity contribution in [2.45, 2.75) is 38.5 Å². The zero-order chi connectivity index (χ0) is 22.3. The minimum atomic E-state index is -0.698. The molecule has 4 nitrogen and oxygen atoms in total. The number of carbonyl (C=O) groups excluding carboxylic acids is 1. The molecule has 4 heteroatoms. The van der Waals surface area contributed by atoms with Crippen LogP contribution >= 0.6 is 0 Å². The molecule has 2 heterocycles. The first kappa shape index (κ1) is 19.8. The standard InChI is InChI=1S/C27H28N2O2/c1-26(2)17-11-7-9-13-19(17)28(5)21(26)15-16-23(30)22(24(16)31)25-27(3,4)18-12-8-10-14-20(18)29(25)6/h7-15,22H,1-6H3/b21-15+. The van der Waals surface area contributed by atoms with Crippen LogP contribution in [0.15, 0.2) is 71.6 Å². The van der Waals surface area contributed by atoms with Crippen LogP contribution in [-0.4, -0.2) is 30.2 Å². The van der Waals surface area contributed by atoms with Gasteiger partial charge in [0.15, 0.2) is 11.5 Å². The molecule has 158 valence electrons. The summed E-state index contributed by atoms with van der Waals surface area (Å²) in [6.07, 6.45) is 1.83. The smallest absolute Gasteiger partial charge is 0.209 e. The second-order valence-electron chi connectivity index (χ2n) is 9.89. The number of hydrogen-bond donors (Lipinski definition) is 0. The number of rotatable bonds is 2. The van der Waals surface area contributed by atoms with E-state index in [1.54, 1.807) is 0 Å². The fourth-order valence-corrected chi connectivity index (χ4v) is 5.80. The Morgan fingerprint density at radius 3 is 2.19 bits per heavy atom. The van der Waals surface area contributed by atoms with Gasteiger partial charge in [-0.1, -0.05) is 50.2 Å². The third-order valence-corrected chi connectivity index (χ3v) is 7.49. The average Bonchev–Trinajstić information content (AvgIpc) is 3.06. The molecule has 0 spiro atoms. The van der Waals surface area contributed by atoms with Crippen LogP contribution in [0.5, 0.6) is 0 Å². The topological polar surface area (TPSA) is 46.4 Å². The maximum atomic E-state index is 13.4. The van der Waals surface area contributed by atoms with Gasteiger partial charge in [-0.25, -0.2) is 4.58 Å². The number of allylic oxidation sites excluding steroid dienone is 4. The lowest BCUT2D eigenvalue weighted by atomic mass is 9.68. The van der Waals surface area contributed by atoms with Gasteiger partial charge in [-0.15, -0.1) is 5.76 Å². The molecule has 0 fully saturated rings. The molecule has 1 unspecified atom stereocenters. The molecule has 2 aliphatic heterocycles. The summed E-state index contributed by atoms with van der Waals surface area (Å²) in [4.78, 5) is 15.5. The second-order valence-corrected chi connectivity index (χ2v) is 9.89. The van der Waals surface area contributed by atoms with Crippen molar-refractivity contribution in [2.75, 3.05) is 19.0 Å². The maximum Gasteiger partial charge on any atom is 0.209 e. The summed E-state index contributed by atoms with van der Waals surface area (Å²) in [5.41, 5.74) is 6.12. The van der Waals surface area contributed by atoms with Crippen molar-refractivity contribution in [1.82, 2.24) is 0 Å². The van der Waals surface area contributed by atoms with Crippen LogP contribution < -0.4 is 10.0 Å². The van der Waals surface area contributed by atoms with E-state index in [4.69, 9.17) is 0 Å². The van der Waals surface area contributed by atoms with Gasteiger partial charge in [0.05, 0.1) is 5.41 Å². The van der Waals surface area contributed by atoms with Crippen molar-refractivity contribution in [3.05, 3.63) is 82.8 Å². The van der Waals surface area contributed by atoms with Crippen LogP contribution in [0.1, 0.15) is 38.8 Å². The molecule has 1 aliphatic carbocycles. The fourth-order valence-electron chi connectivity index (χ4n) is 5.80. The highest BCUT2D eigenvalue weighted by atomic mass is 16.3. The zero-order valence-electron chi connectivity index (χ0n) is 19.0. The summed E-state index contributed by atoms with van der Waals surface area (Å²) in [7, 11) is 3.97. The number of hydrogen-bond acceptors (Lipinski definition) is 3. The number of anilines is 1. The largest absolute Gasteiger partial charge is 0.874 e. The van der Waals surface area contributed by atoms with E-state index in [0.29, 0.717) is 5.57 Å². The first-order chi connectivity index (χ1) is 14.6. The molecular weight excluding hydrogens is 384 g/mol. The Hall–Kier alpha value is -3.14. The lowest BCUT2D eigenvalue weighted by molar-refractivity contribution is -0.407. The summed E-state index contributed by atoms with van der Waals surface area (Å²) < 4.78 is 2.04. The number of fused-ring (bicyclic) bond motifs is 2. The Morgan fingerprint density at radius 1 is 0.968 bits per heavy atom. The van der Waals surface area contributed by atoms with Gasteiger partial charge in [0.25, 0.3) is 0 Å². The third kappa shape index (κ3) is 2.42. The van der Waals surface area contributed by atoms with Crippen molar-refractivity contribution in [2.24, 2.45) is 5.92 Å². The second kappa shape index (κ2) is 6.19. The molecular formula is C27H28N2O2. The van der Waals surface area contributed by atoms with Gasteiger partial charge in [-0.05, 0) is 31.6 Å². The molecule has 3 aliphatic rings. The summed E-state index contributed by atoms with van der Waals surface area (Å²) in [6.45, 7) is 8.50. The maximum absolute atomic E-state index is 13.4. The average molecular weight is 413 g/mol. The van der Waals surface area contributed by atoms with Gasteiger partial charge in [0.1, 0.15) is 13.0 Å². The van der Waals surface area contributed by atoms with Crippen LogP contribution in [-0.2, 0) is 15.6 Å². The molecule has 0 saturated heterocycles. The van der Waals surface area contributed by atoms with E-state index >= 15 is 0 Å². The normalized spacial score (nSPS) is 24.6. The Morgan fingerprint density at radius 2 is 1.58 bits per heavy atom. The van der Waals surface area contributed by atoms with Crippen molar-refractivity contribution in [3.8, 4) is 0 Å². The Labute approximate surface area is 183 Å². The van der Waals surface area contributed by atoms with Crippen LogP contribution in [0.2, 0.25) is 0 Å².